The number of carbonyl (C=O) groups excluding carboxylic acids is 2. The van der Waals surface area contributed by atoms with Gasteiger partial charge >= 0.3 is 0 Å². The Morgan fingerprint density at radius 1 is 1.28 bits per heavy atom. The lowest BCUT2D eigenvalue weighted by atomic mass is 10.1. The number of benzene rings is 1. The molecule has 2 amide bonds. The van der Waals surface area contributed by atoms with Crippen molar-refractivity contribution in [3.63, 3.8) is 0 Å². The average Bonchev–Trinajstić information content (AvgIpc) is 2.85. The van der Waals surface area contributed by atoms with Crippen molar-refractivity contribution in [2.45, 2.75) is 32.6 Å². The smallest absolute Gasteiger partial charge is 0.248 e. The van der Waals surface area contributed by atoms with Crippen LogP contribution in [0.15, 0.2) is 18.2 Å². The van der Waals surface area contributed by atoms with Gasteiger partial charge in [-0.25, -0.2) is 0 Å². The van der Waals surface area contributed by atoms with Gasteiger partial charge in [0.1, 0.15) is 0 Å². The lowest BCUT2D eigenvalue weighted by molar-refractivity contribution is -0.119. The zero-order valence-corrected chi connectivity index (χ0v) is 10.5. The van der Waals surface area contributed by atoms with Gasteiger partial charge < -0.3 is 11.1 Å². The molecule has 0 unspecified atom stereocenters. The summed E-state index contributed by atoms with van der Waals surface area (Å²) in [4.78, 5) is 23.1. The molecule has 1 aliphatic rings. The molecule has 1 fully saturated rings. The number of nitrogens with two attached hydrogens (primary N) is 1. The highest BCUT2D eigenvalue weighted by atomic mass is 16.2. The Labute approximate surface area is 107 Å². The monoisotopic (exact) mass is 246 g/mol. The van der Waals surface area contributed by atoms with Crippen molar-refractivity contribution in [2.75, 3.05) is 5.32 Å². The highest BCUT2D eigenvalue weighted by molar-refractivity contribution is 5.97. The summed E-state index contributed by atoms with van der Waals surface area (Å²) in [5.41, 5.74) is 7.27. The second-order valence-electron chi connectivity index (χ2n) is 4.86. The Kier molecular flexibility index (Phi) is 3.65. The summed E-state index contributed by atoms with van der Waals surface area (Å²) in [6.07, 6.45) is 4.16. The fourth-order valence-electron chi connectivity index (χ4n) is 2.33. The quantitative estimate of drug-likeness (QED) is 0.858. The minimum atomic E-state index is -0.480. The van der Waals surface area contributed by atoms with Gasteiger partial charge in [-0.3, -0.25) is 9.59 Å². The fraction of sp³-hybridized carbons (Fsp3) is 0.429. The van der Waals surface area contributed by atoms with Crippen molar-refractivity contribution in [1.29, 1.82) is 0 Å². The van der Waals surface area contributed by atoms with Crippen molar-refractivity contribution in [2.24, 2.45) is 11.7 Å². The Morgan fingerprint density at radius 3 is 2.56 bits per heavy atom. The van der Waals surface area contributed by atoms with Gasteiger partial charge in [-0.05, 0) is 37.5 Å². The molecular weight excluding hydrogens is 228 g/mol. The van der Waals surface area contributed by atoms with E-state index in [2.05, 4.69) is 5.32 Å². The van der Waals surface area contributed by atoms with Crippen LogP contribution in [0.2, 0.25) is 0 Å². The number of carbonyl (C=O) groups is 2. The molecule has 0 saturated heterocycles. The third-order valence-corrected chi connectivity index (χ3v) is 3.51. The van der Waals surface area contributed by atoms with Crippen molar-refractivity contribution in [1.82, 2.24) is 0 Å². The molecule has 0 aliphatic heterocycles. The number of amides is 2. The van der Waals surface area contributed by atoms with E-state index in [0.717, 1.165) is 31.2 Å². The van der Waals surface area contributed by atoms with Crippen molar-refractivity contribution in [3.05, 3.63) is 29.3 Å². The first-order chi connectivity index (χ1) is 8.58. The highest BCUT2D eigenvalue weighted by Crippen LogP contribution is 2.26. The third-order valence-electron chi connectivity index (χ3n) is 3.51. The standard InChI is InChI=1S/C14H18N2O2/c1-9-6-7-11(13(15)17)8-12(9)16-14(18)10-4-2-3-5-10/h6-8,10H,2-5H2,1H3,(H2,15,17)(H,16,18). The minimum Gasteiger partial charge on any atom is -0.366 e. The third kappa shape index (κ3) is 2.70. The maximum atomic E-state index is 12.0. The summed E-state index contributed by atoms with van der Waals surface area (Å²) in [5.74, 6) is -0.315. The van der Waals surface area contributed by atoms with Crippen LogP contribution in [-0.4, -0.2) is 11.8 Å². The van der Waals surface area contributed by atoms with E-state index in [1.807, 2.05) is 6.92 Å². The Hall–Kier alpha value is -1.84. The molecule has 18 heavy (non-hydrogen) atoms. The molecule has 1 saturated carbocycles. The molecule has 2 rings (SSSR count). The molecule has 3 N–H and O–H groups in total. The Bertz CT molecular complexity index is 477. The second-order valence-corrected chi connectivity index (χ2v) is 4.86. The summed E-state index contributed by atoms with van der Waals surface area (Å²) >= 11 is 0. The van der Waals surface area contributed by atoms with E-state index in [9.17, 15) is 9.59 Å². The average molecular weight is 246 g/mol. The largest absolute Gasteiger partial charge is 0.366 e. The van der Waals surface area contributed by atoms with Crippen LogP contribution in [0.5, 0.6) is 0 Å². The predicted molar refractivity (Wildman–Crippen MR) is 70.3 cm³/mol. The van der Waals surface area contributed by atoms with Crippen LogP contribution in [0.25, 0.3) is 0 Å². The molecular formula is C14H18N2O2. The number of aryl methyl sites for hydroxylation is 1. The van der Waals surface area contributed by atoms with Gasteiger partial charge in [0.2, 0.25) is 11.8 Å². The van der Waals surface area contributed by atoms with E-state index in [0.29, 0.717) is 11.3 Å². The van der Waals surface area contributed by atoms with Crippen LogP contribution in [-0.2, 0) is 4.79 Å². The maximum absolute atomic E-state index is 12.0. The molecule has 96 valence electrons. The number of hydrogen-bond acceptors (Lipinski definition) is 2. The van der Waals surface area contributed by atoms with Gasteiger partial charge in [0, 0.05) is 17.2 Å². The van der Waals surface area contributed by atoms with Crippen LogP contribution in [0.4, 0.5) is 5.69 Å². The van der Waals surface area contributed by atoms with Gasteiger partial charge in [0.05, 0.1) is 0 Å². The number of primary amides is 1. The van der Waals surface area contributed by atoms with Gasteiger partial charge in [0.25, 0.3) is 0 Å². The molecule has 0 radical (unpaired) electrons. The Balaban J connectivity index is 2.14. The molecule has 1 aliphatic carbocycles. The van der Waals surface area contributed by atoms with Crippen molar-refractivity contribution < 1.29 is 9.59 Å². The van der Waals surface area contributed by atoms with Crippen molar-refractivity contribution in [3.8, 4) is 0 Å². The highest BCUT2D eigenvalue weighted by Gasteiger charge is 2.23. The van der Waals surface area contributed by atoms with E-state index in [1.165, 1.54) is 0 Å². The van der Waals surface area contributed by atoms with Crippen LogP contribution in [0.3, 0.4) is 0 Å². The normalized spacial score (nSPS) is 15.6. The number of nitrogens with one attached hydrogen (secondary N) is 1. The minimum absolute atomic E-state index is 0.0530. The summed E-state index contributed by atoms with van der Waals surface area (Å²) in [6, 6.07) is 5.11. The number of rotatable bonds is 3. The van der Waals surface area contributed by atoms with E-state index < -0.39 is 5.91 Å². The molecule has 1 aromatic carbocycles. The second kappa shape index (κ2) is 5.21. The van der Waals surface area contributed by atoms with Gasteiger partial charge in [-0.2, -0.15) is 0 Å². The van der Waals surface area contributed by atoms with Crippen LogP contribution in [0, 0.1) is 12.8 Å². The fourth-order valence-corrected chi connectivity index (χ4v) is 2.33. The summed E-state index contributed by atoms with van der Waals surface area (Å²) in [7, 11) is 0. The van der Waals surface area contributed by atoms with Gasteiger partial charge in [0.15, 0.2) is 0 Å². The van der Waals surface area contributed by atoms with Gasteiger partial charge in [-0.15, -0.1) is 0 Å². The number of anilines is 1. The topological polar surface area (TPSA) is 72.2 Å². The molecule has 1 aromatic rings. The lowest BCUT2D eigenvalue weighted by Crippen LogP contribution is -2.21. The molecule has 4 nitrogen and oxygen atoms in total. The SMILES string of the molecule is Cc1ccc(C(N)=O)cc1NC(=O)C1CCCC1. The molecule has 0 aromatic heterocycles. The number of hydrogen-bond donors (Lipinski definition) is 2. The van der Waals surface area contributed by atoms with Gasteiger partial charge in [-0.1, -0.05) is 18.9 Å². The first-order valence-corrected chi connectivity index (χ1v) is 6.29. The van der Waals surface area contributed by atoms with Crippen molar-refractivity contribution >= 4 is 17.5 Å². The van der Waals surface area contributed by atoms with E-state index >= 15 is 0 Å². The summed E-state index contributed by atoms with van der Waals surface area (Å²) < 4.78 is 0. The molecule has 0 spiro atoms. The molecule has 0 atom stereocenters. The van der Waals surface area contributed by atoms with E-state index in [-0.39, 0.29) is 11.8 Å². The lowest BCUT2D eigenvalue weighted by Gasteiger charge is -2.13. The Morgan fingerprint density at radius 2 is 1.94 bits per heavy atom. The summed E-state index contributed by atoms with van der Waals surface area (Å²) in [5, 5.41) is 2.90. The first-order valence-electron chi connectivity index (χ1n) is 6.29. The predicted octanol–water partition coefficient (Wildman–Crippen LogP) is 2.22. The zero-order valence-electron chi connectivity index (χ0n) is 10.5. The maximum Gasteiger partial charge on any atom is 0.248 e. The van der Waals surface area contributed by atoms with Crippen LogP contribution in [0.1, 0.15) is 41.6 Å². The molecule has 0 heterocycles. The van der Waals surface area contributed by atoms with E-state index in [4.69, 9.17) is 5.73 Å². The zero-order chi connectivity index (χ0) is 13.1. The molecule has 0 bridgehead atoms. The van der Waals surface area contributed by atoms with Crippen LogP contribution < -0.4 is 11.1 Å². The summed E-state index contributed by atoms with van der Waals surface area (Å²) in [6.45, 7) is 1.90. The first kappa shape index (κ1) is 12.6. The van der Waals surface area contributed by atoms with Crippen LogP contribution >= 0.6 is 0 Å². The van der Waals surface area contributed by atoms with E-state index in [1.54, 1.807) is 18.2 Å². The molecule has 4 heteroatoms.